The highest BCUT2D eigenvalue weighted by molar-refractivity contribution is 5.87. The second-order valence-electron chi connectivity index (χ2n) is 8.88. The Balaban J connectivity index is 0.000000292. The van der Waals surface area contributed by atoms with Crippen molar-refractivity contribution in [3.63, 3.8) is 0 Å². The molecule has 1 aromatic carbocycles. The summed E-state index contributed by atoms with van der Waals surface area (Å²) in [6.07, 6.45) is 6.57. The molecule has 4 heteroatoms. The second-order valence-corrected chi connectivity index (χ2v) is 8.88. The van der Waals surface area contributed by atoms with Gasteiger partial charge in [0.25, 0.3) is 0 Å². The van der Waals surface area contributed by atoms with Crippen LogP contribution in [0.25, 0.3) is 0 Å². The Labute approximate surface area is 189 Å². The number of benzene rings is 1. The summed E-state index contributed by atoms with van der Waals surface area (Å²) in [7, 11) is 1.74. The van der Waals surface area contributed by atoms with Crippen LogP contribution in [0.15, 0.2) is 31.4 Å². The number of carbonyl (C=O) groups excluding carboxylic acids is 1. The number of carbonyl (C=O) groups is 1. The summed E-state index contributed by atoms with van der Waals surface area (Å²) >= 11 is 0. The van der Waals surface area contributed by atoms with Gasteiger partial charge in [0.1, 0.15) is 11.5 Å². The minimum absolute atomic E-state index is 0.00879. The van der Waals surface area contributed by atoms with Crippen LogP contribution in [0.5, 0.6) is 5.75 Å². The van der Waals surface area contributed by atoms with Crippen LogP contribution < -0.4 is 4.74 Å². The minimum Gasteiger partial charge on any atom is -0.497 e. The van der Waals surface area contributed by atoms with E-state index in [1.165, 1.54) is 24.0 Å². The molecule has 0 bridgehead atoms. The lowest BCUT2D eigenvalue weighted by Crippen LogP contribution is -2.42. The number of aryl methyl sites for hydroxylation is 1. The third kappa shape index (κ3) is 5.59. The Bertz CT molecular complexity index is 709. The fourth-order valence-corrected chi connectivity index (χ4v) is 5.97. The predicted octanol–water partition coefficient (Wildman–Crippen LogP) is 6.33. The quantitative estimate of drug-likeness (QED) is 0.404. The van der Waals surface area contributed by atoms with Crippen LogP contribution in [-0.4, -0.2) is 32.4 Å². The zero-order valence-electron chi connectivity index (χ0n) is 20.2. The standard InChI is InChI=1S/C19H24O2.C6H14O2.C2H4/c1-19-10-9-15-14-6-4-13(21-2)11-12(14)3-5-16(15)17(19)7-8-18(19)20;1-4-7-6(3)8-5-2;1-2/h4,6,11,15-17H,3,5,7-10H2,1-2H3;6H,4-5H2,1-3H3;1-2H2/t15-,16-,17+,19+;;/m1../s1. The number of rotatable bonds is 5. The van der Waals surface area contributed by atoms with E-state index >= 15 is 0 Å². The zero-order chi connectivity index (χ0) is 23.0. The molecule has 4 nitrogen and oxygen atoms in total. The molecule has 4 atom stereocenters. The monoisotopic (exact) mass is 430 g/mol. The van der Waals surface area contributed by atoms with Crippen molar-refractivity contribution in [1.82, 2.24) is 0 Å². The van der Waals surface area contributed by atoms with E-state index in [0.29, 0.717) is 17.6 Å². The molecule has 3 aliphatic rings. The fourth-order valence-electron chi connectivity index (χ4n) is 5.97. The van der Waals surface area contributed by atoms with E-state index < -0.39 is 0 Å². The van der Waals surface area contributed by atoms with Crippen molar-refractivity contribution in [2.75, 3.05) is 20.3 Å². The first-order chi connectivity index (χ1) is 14.9. The first-order valence-corrected chi connectivity index (χ1v) is 11.9. The van der Waals surface area contributed by atoms with E-state index in [2.05, 4.69) is 38.3 Å². The molecule has 174 valence electrons. The van der Waals surface area contributed by atoms with Crippen LogP contribution >= 0.6 is 0 Å². The lowest BCUT2D eigenvalue weighted by Gasteiger charge is -2.48. The summed E-state index contributed by atoms with van der Waals surface area (Å²) in [5.41, 5.74) is 3.00. The fraction of sp³-hybridized carbons (Fsp3) is 0.667. The Kier molecular flexibility index (Phi) is 9.77. The lowest BCUT2D eigenvalue weighted by molar-refractivity contribution is -0.129. The van der Waals surface area contributed by atoms with E-state index in [-0.39, 0.29) is 11.7 Å². The molecule has 0 aliphatic heterocycles. The number of hydrogen-bond acceptors (Lipinski definition) is 4. The summed E-state index contributed by atoms with van der Waals surface area (Å²) < 4.78 is 15.5. The number of hydrogen-bond donors (Lipinski definition) is 0. The first kappa shape index (κ1) is 25.6. The molecule has 3 aliphatic carbocycles. The van der Waals surface area contributed by atoms with E-state index in [9.17, 15) is 4.79 Å². The van der Waals surface area contributed by atoms with Crippen LogP contribution in [0.3, 0.4) is 0 Å². The van der Waals surface area contributed by atoms with E-state index in [0.717, 1.165) is 50.6 Å². The first-order valence-electron chi connectivity index (χ1n) is 11.9. The molecule has 1 aromatic rings. The van der Waals surface area contributed by atoms with Gasteiger partial charge < -0.3 is 14.2 Å². The highest BCUT2D eigenvalue weighted by Gasteiger charge is 2.54. The molecule has 4 rings (SSSR count). The van der Waals surface area contributed by atoms with Gasteiger partial charge >= 0.3 is 0 Å². The van der Waals surface area contributed by atoms with Crippen LogP contribution in [0.1, 0.15) is 76.8 Å². The number of Topliss-reactive ketones (excluding diaryl/α,β-unsaturated/α-hetero) is 1. The summed E-state index contributed by atoms with van der Waals surface area (Å²) in [6.45, 7) is 15.5. The van der Waals surface area contributed by atoms with Crippen LogP contribution in [0.2, 0.25) is 0 Å². The summed E-state index contributed by atoms with van der Waals surface area (Å²) in [4.78, 5) is 12.3. The Morgan fingerprint density at radius 3 is 2.39 bits per heavy atom. The lowest BCUT2D eigenvalue weighted by atomic mass is 9.55. The number of fused-ring (bicyclic) bond motifs is 5. The van der Waals surface area contributed by atoms with Crippen LogP contribution in [0, 0.1) is 17.3 Å². The summed E-state index contributed by atoms with van der Waals surface area (Å²) in [6, 6.07) is 6.61. The van der Waals surface area contributed by atoms with Gasteiger partial charge in [0, 0.05) is 25.0 Å². The molecule has 0 N–H and O–H groups in total. The second kappa shape index (κ2) is 11.8. The van der Waals surface area contributed by atoms with Crippen molar-refractivity contribution in [2.45, 2.75) is 78.4 Å². The third-order valence-electron chi connectivity index (χ3n) is 7.45. The molecule has 0 radical (unpaired) electrons. The average Bonchev–Trinajstić information content (AvgIpc) is 3.10. The van der Waals surface area contributed by atoms with Gasteiger partial charge in [0.05, 0.1) is 7.11 Å². The van der Waals surface area contributed by atoms with Crippen LogP contribution in [-0.2, 0) is 20.7 Å². The summed E-state index contributed by atoms with van der Waals surface area (Å²) in [5.74, 6) is 3.52. The van der Waals surface area contributed by atoms with Crippen LogP contribution in [0.4, 0.5) is 0 Å². The highest BCUT2D eigenvalue weighted by atomic mass is 16.7. The van der Waals surface area contributed by atoms with Gasteiger partial charge in [0.2, 0.25) is 0 Å². The maximum Gasteiger partial charge on any atom is 0.154 e. The van der Waals surface area contributed by atoms with Crippen molar-refractivity contribution in [2.24, 2.45) is 17.3 Å². The molecule has 0 heterocycles. The summed E-state index contributed by atoms with van der Waals surface area (Å²) in [5, 5.41) is 0. The van der Waals surface area contributed by atoms with Gasteiger partial charge in [-0.3, -0.25) is 4.79 Å². The smallest absolute Gasteiger partial charge is 0.154 e. The Hall–Kier alpha value is -1.65. The molecule has 2 saturated carbocycles. The molecule has 31 heavy (non-hydrogen) atoms. The molecule has 0 spiro atoms. The zero-order valence-corrected chi connectivity index (χ0v) is 20.2. The molecule has 0 amide bonds. The molecule has 0 saturated heterocycles. The third-order valence-corrected chi connectivity index (χ3v) is 7.45. The maximum atomic E-state index is 12.3. The van der Waals surface area contributed by atoms with Crippen molar-refractivity contribution in [3.05, 3.63) is 42.5 Å². The molecule has 0 unspecified atom stereocenters. The molecule has 2 fully saturated rings. The number of methoxy groups -OCH3 is 1. The number of ether oxygens (including phenoxy) is 3. The SMILES string of the molecule is C=C.CCOC(C)OCC.COc1ccc2c(c1)CC[C@@H]1[C@@H]2CC[C@]2(C)C(=O)CC[C@@H]12. The molecular weight excluding hydrogens is 388 g/mol. The minimum atomic E-state index is -0.0370. The maximum absolute atomic E-state index is 12.3. The van der Waals surface area contributed by atoms with Crippen molar-refractivity contribution in [3.8, 4) is 5.75 Å². The predicted molar refractivity (Wildman–Crippen MR) is 127 cm³/mol. The molecular formula is C27H42O4. The van der Waals surface area contributed by atoms with Crippen molar-refractivity contribution >= 4 is 5.78 Å². The van der Waals surface area contributed by atoms with Gasteiger partial charge in [-0.1, -0.05) is 13.0 Å². The Morgan fingerprint density at radius 2 is 1.77 bits per heavy atom. The average molecular weight is 431 g/mol. The number of ketones is 1. The van der Waals surface area contributed by atoms with Gasteiger partial charge in [-0.15, -0.1) is 13.2 Å². The van der Waals surface area contributed by atoms with Crippen molar-refractivity contribution < 1.29 is 19.0 Å². The topological polar surface area (TPSA) is 44.8 Å². The normalized spacial score (nSPS) is 28.3. The van der Waals surface area contributed by atoms with E-state index in [1.54, 1.807) is 7.11 Å². The molecule has 0 aromatic heterocycles. The van der Waals surface area contributed by atoms with E-state index in [1.807, 2.05) is 20.8 Å². The van der Waals surface area contributed by atoms with Gasteiger partial charge in [-0.05, 0) is 93.9 Å². The Morgan fingerprint density at radius 1 is 1.10 bits per heavy atom. The van der Waals surface area contributed by atoms with E-state index in [4.69, 9.17) is 14.2 Å². The van der Waals surface area contributed by atoms with Gasteiger partial charge in [0.15, 0.2) is 6.29 Å². The highest BCUT2D eigenvalue weighted by Crippen LogP contribution is 2.59. The van der Waals surface area contributed by atoms with Gasteiger partial charge in [-0.25, -0.2) is 0 Å². The van der Waals surface area contributed by atoms with Crippen molar-refractivity contribution in [1.29, 1.82) is 0 Å². The largest absolute Gasteiger partial charge is 0.497 e. The van der Waals surface area contributed by atoms with Gasteiger partial charge in [-0.2, -0.15) is 0 Å².